The number of esters is 1. The minimum Gasteiger partial charge on any atom is -0.454 e. The lowest BCUT2D eigenvalue weighted by Crippen LogP contribution is -2.61. The molecule has 11 heteroatoms. The minimum absolute atomic E-state index is 0.0712. The molecule has 1 fully saturated rings. The van der Waals surface area contributed by atoms with Crippen LogP contribution in [-0.2, 0) is 23.8 Å². The van der Waals surface area contributed by atoms with Gasteiger partial charge in [0, 0.05) is 6.42 Å². The zero-order chi connectivity index (χ0) is 54.7. The average molecular weight is 1050 g/mol. The van der Waals surface area contributed by atoms with Crippen molar-refractivity contribution in [2.24, 2.45) is 0 Å². The average Bonchev–Trinajstić information content (AvgIpc) is 3.41. The summed E-state index contributed by atoms with van der Waals surface area (Å²) in [6, 6.07) is -1.04. The van der Waals surface area contributed by atoms with Crippen LogP contribution >= 0.6 is 0 Å². The van der Waals surface area contributed by atoms with E-state index in [-0.39, 0.29) is 19.4 Å². The summed E-state index contributed by atoms with van der Waals surface area (Å²) in [5, 5.41) is 56.9. The summed E-state index contributed by atoms with van der Waals surface area (Å²) in [5.74, 6) is -1.24. The van der Waals surface area contributed by atoms with Crippen LogP contribution in [0.1, 0.15) is 245 Å². The molecule has 1 aliphatic heterocycles. The van der Waals surface area contributed by atoms with Crippen molar-refractivity contribution in [1.29, 1.82) is 0 Å². The van der Waals surface area contributed by atoms with E-state index in [0.717, 1.165) is 70.6 Å². The molecule has 1 aliphatic rings. The highest BCUT2D eigenvalue weighted by atomic mass is 16.7. The SMILES string of the molecule is CC/C=C/C=C/C=C\C=C/C=C/CCCCCC(=O)OC1C(OCC(NC(=O)C(O)CCCCCCCCCCCC/C=C/CCCCCCCC)C(O)/C=C/CCCCCCCCCCC)OC(CO)C(O)C1O. The highest BCUT2D eigenvalue weighted by Crippen LogP contribution is 2.26. The number of carbonyl (C=O) groups is 2. The van der Waals surface area contributed by atoms with Crippen LogP contribution in [-0.4, -0.2) is 99.6 Å². The summed E-state index contributed by atoms with van der Waals surface area (Å²) in [6.45, 7) is 5.60. The van der Waals surface area contributed by atoms with Crippen molar-refractivity contribution in [3.63, 3.8) is 0 Å². The molecule has 0 aromatic heterocycles. The number of hydrogen-bond acceptors (Lipinski definition) is 10. The number of amides is 1. The van der Waals surface area contributed by atoms with Crippen molar-refractivity contribution in [3.8, 4) is 0 Å². The van der Waals surface area contributed by atoms with Crippen LogP contribution in [0.4, 0.5) is 0 Å². The molecule has 1 rings (SSSR count). The van der Waals surface area contributed by atoms with Crippen LogP contribution < -0.4 is 5.32 Å². The van der Waals surface area contributed by atoms with Gasteiger partial charge in [0.15, 0.2) is 12.4 Å². The Labute approximate surface area is 457 Å². The molecule has 0 aromatic carbocycles. The van der Waals surface area contributed by atoms with E-state index in [0.29, 0.717) is 12.8 Å². The molecule has 1 saturated heterocycles. The van der Waals surface area contributed by atoms with Gasteiger partial charge in [-0.05, 0) is 70.6 Å². The maximum Gasteiger partial charge on any atom is 0.306 e. The number of hydrogen-bond donors (Lipinski definition) is 6. The number of allylic oxidation sites excluding steroid dienone is 13. The van der Waals surface area contributed by atoms with Gasteiger partial charge in [-0.3, -0.25) is 9.59 Å². The molecule has 432 valence electrons. The first-order valence-electron chi connectivity index (χ1n) is 30.4. The van der Waals surface area contributed by atoms with Gasteiger partial charge < -0.3 is 45.1 Å². The van der Waals surface area contributed by atoms with Crippen LogP contribution in [0.5, 0.6) is 0 Å². The van der Waals surface area contributed by atoms with Crippen molar-refractivity contribution >= 4 is 11.9 Å². The topological polar surface area (TPSA) is 175 Å². The van der Waals surface area contributed by atoms with E-state index >= 15 is 0 Å². The quantitative estimate of drug-likeness (QED) is 0.0149. The smallest absolute Gasteiger partial charge is 0.306 e. The number of ether oxygens (including phenoxy) is 3. The Morgan fingerprint density at radius 2 is 0.973 bits per heavy atom. The predicted molar refractivity (Wildman–Crippen MR) is 310 cm³/mol. The van der Waals surface area contributed by atoms with Gasteiger partial charge in [0.05, 0.1) is 25.4 Å². The van der Waals surface area contributed by atoms with Crippen LogP contribution in [0.2, 0.25) is 0 Å². The molecule has 11 nitrogen and oxygen atoms in total. The largest absolute Gasteiger partial charge is 0.454 e. The van der Waals surface area contributed by atoms with Crippen LogP contribution in [0, 0.1) is 0 Å². The predicted octanol–water partition coefficient (Wildman–Crippen LogP) is 14.2. The number of aliphatic hydroxyl groups is 5. The summed E-state index contributed by atoms with van der Waals surface area (Å²) in [6.07, 6.45) is 56.3. The van der Waals surface area contributed by atoms with E-state index in [1.165, 1.54) is 128 Å². The molecule has 0 saturated carbocycles. The molecule has 1 amide bonds. The molecule has 0 radical (unpaired) electrons. The molecule has 0 spiro atoms. The molecule has 8 unspecified atom stereocenters. The highest BCUT2D eigenvalue weighted by Gasteiger charge is 2.47. The summed E-state index contributed by atoms with van der Waals surface area (Å²) in [4.78, 5) is 26.5. The third-order valence-electron chi connectivity index (χ3n) is 13.9. The van der Waals surface area contributed by atoms with Gasteiger partial charge in [-0.25, -0.2) is 0 Å². The number of nitrogens with one attached hydrogen (secondary N) is 1. The van der Waals surface area contributed by atoms with Gasteiger partial charge in [-0.1, -0.05) is 254 Å². The second kappa shape index (κ2) is 51.6. The van der Waals surface area contributed by atoms with Crippen molar-refractivity contribution in [3.05, 3.63) is 85.1 Å². The summed E-state index contributed by atoms with van der Waals surface area (Å²) >= 11 is 0. The van der Waals surface area contributed by atoms with Crippen LogP contribution in [0.3, 0.4) is 0 Å². The van der Waals surface area contributed by atoms with Gasteiger partial charge in [0.1, 0.15) is 24.4 Å². The fourth-order valence-electron chi connectivity index (χ4n) is 9.08. The van der Waals surface area contributed by atoms with Crippen LogP contribution in [0.25, 0.3) is 0 Å². The van der Waals surface area contributed by atoms with Crippen molar-refractivity contribution in [2.75, 3.05) is 13.2 Å². The van der Waals surface area contributed by atoms with Gasteiger partial charge >= 0.3 is 5.97 Å². The maximum absolute atomic E-state index is 13.4. The van der Waals surface area contributed by atoms with Crippen molar-refractivity contribution < 1.29 is 49.3 Å². The van der Waals surface area contributed by atoms with E-state index in [1.54, 1.807) is 6.08 Å². The Kier molecular flexibility index (Phi) is 48.0. The third-order valence-corrected chi connectivity index (χ3v) is 13.9. The van der Waals surface area contributed by atoms with Gasteiger partial charge in [0.2, 0.25) is 5.91 Å². The summed E-state index contributed by atoms with van der Waals surface area (Å²) in [7, 11) is 0. The second-order valence-corrected chi connectivity index (χ2v) is 20.8. The zero-order valence-electron chi connectivity index (χ0n) is 47.6. The Morgan fingerprint density at radius 3 is 1.48 bits per heavy atom. The number of carbonyl (C=O) groups excluding carboxylic acids is 2. The summed E-state index contributed by atoms with van der Waals surface area (Å²) < 4.78 is 17.5. The first-order valence-corrected chi connectivity index (χ1v) is 30.4. The van der Waals surface area contributed by atoms with E-state index in [4.69, 9.17) is 14.2 Å². The number of unbranched alkanes of at least 4 members (excludes halogenated alkanes) is 28. The lowest BCUT2D eigenvalue weighted by Gasteiger charge is -2.41. The standard InChI is InChI=1S/C64H111NO10/c1-4-7-10-13-16-19-22-24-26-27-28-29-30-32-33-36-39-42-45-48-51-57(68)63(72)65-55(56(67)50-47-44-41-38-35-21-18-15-12-9-6-3)54-73-64-62(61(71)60(70)58(53-66)74-64)75-59(69)52-49-46-43-40-37-34-31-25-23-20-17-14-11-8-5-2/h8,11,14,17,20,23-26,31,34,37,47,50,55-58,60-62,64,66-68,70-71H,4-7,9-10,12-13,15-16,18-19,21-22,27-30,32-33,35-36,38-46,48-49,51-54H2,1-3H3,(H,65,72)/b11-8+,17-14+,23-20-,26-24+,31-25-,37-34+,50-47+. The summed E-state index contributed by atoms with van der Waals surface area (Å²) in [5.41, 5.74) is 0. The molecular weight excluding hydrogens is 943 g/mol. The molecule has 0 aliphatic carbocycles. The maximum atomic E-state index is 13.4. The normalized spacial score (nSPS) is 19.8. The molecule has 0 aromatic rings. The number of rotatable bonds is 50. The Morgan fingerprint density at radius 1 is 0.533 bits per heavy atom. The lowest BCUT2D eigenvalue weighted by atomic mass is 9.99. The van der Waals surface area contributed by atoms with E-state index < -0.39 is 67.4 Å². The van der Waals surface area contributed by atoms with Gasteiger partial charge in [0.25, 0.3) is 0 Å². The lowest BCUT2D eigenvalue weighted by molar-refractivity contribution is -0.305. The molecule has 6 N–H and O–H groups in total. The molecule has 75 heavy (non-hydrogen) atoms. The Balaban J connectivity index is 2.69. The molecular formula is C64H111NO10. The van der Waals surface area contributed by atoms with E-state index in [9.17, 15) is 35.1 Å². The van der Waals surface area contributed by atoms with Gasteiger partial charge in [-0.15, -0.1) is 0 Å². The van der Waals surface area contributed by atoms with Crippen molar-refractivity contribution in [1.82, 2.24) is 5.32 Å². The van der Waals surface area contributed by atoms with E-state index in [1.807, 2.05) is 54.7 Å². The van der Waals surface area contributed by atoms with Crippen LogP contribution in [0.15, 0.2) is 85.1 Å². The zero-order valence-corrected chi connectivity index (χ0v) is 47.6. The van der Waals surface area contributed by atoms with Gasteiger partial charge in [-0.2, -0.15) is 0 Å². The minimum atomic E-state index is -1.63. The third kappa shape index (κ3) is 39.8. The first-order chi connectivity index (χ1) is 36.7. The Bertz CT molecular complexity index is 1540. The molecule has 8 atom stereocenters. The highest BCUT2D eigenvalue weighted by molar-refractivity contribution is 5.80. The first kappa shape index (κ1) is 69.9. The fraction of sp³-hybridized carbons (Fsp3) is 0.750. The fourth-order valence-corrected chi connectivity index (χ4v) is 9.08. The monoisotopic (exact) mass is 1050 g/mol. The molecule has 1 heterocycles. The second-order valence-electron chi connectivity index (χ2n) is 20.8. The Hall–Kier alpha value is -3.16. The molecule has 0 bridgehead atoms. The number of aliphatic hydroxyl groups excluding tert-OH is 5. The van der Waals surface area contributed by atoms with Crippen molar-refractivity contribution in [2.45, 2.75) is 294 Å². The van der Waals surface area contributed by atoms with E-state index in [2.05, 4.69) is 50.4 Å².